The molecule has 5 nitrogen and oxygen atoms in total. The summed E-state index contributed by atoms with van der Waals surface area (Å²) in [6.07, 6.45) is 3.02. The predicted octanol–water partition coefficient (Wildman–Crippen LogP) is 1.69. The number of rotatable bonds is 9. The number of carbonyl (C=O) groups is 2. The summed E-state index contributed by atoms with van der Waals surface area (Å²) in [5.41, 5.74) is 2.85. The van der Waals surface area contributed by atoms with Crippen LogP contribution in [0, 0.1) is 5.82 Å². The first-order valence-electron chi connectivity index (χ1n) is 9.78. The highest BCUT2D eigenvalue weighted by molar-refractivity contribution is 5.95. The number of hydrogen-bond donors (Lipinski definition) is 3. The van der Waals surface area contributed by atoms with E-state index in [1.165, 1.54) is 12.1 Å². The van der Waals surface area contributed by atoms with Crippen molar-refractivity contribution in [1.82, 2.24) is 5.32 Å². The average Bonchev–Trinajstić information content (AvgIpc) is 3.53. The van der Waals surface area contributed by atoms with Crippen molar-refractivity contribution in [2.75, 3.05) is 18.4 Å². The molecule has 0 aromatic heterocycles. The van der Waals surface area contributed by atoms with Crippen LogP contribution in [0.3, 0.4) is 0 Å². The van der Waals surface area contributed by atoms with Crippen molar-refractivity contribution in [2.24, 2.45) is 0 Å². The van der Waals surface area contributed by atoms with Gasteiger partial charge in [0.25, 0.3) is 5.91 Å². The lowest BCUT2D eigenvalue weighted by Crippen LogP contribution is -3.13. The predicted molar refractivity (Wildman–Crippen MR) is 106 cm³/mol. The monoisotopic (exact) mass is 384 g/mol. The van der Waals surface area contributed by atoms with E-state index in [-0.39, 0.29) is 24.2 Å². The molecule has 2 aromatic carbocycles. The van der Waals surface area contributed by atoms with Crippen LogP contribution in [0.2, 0.25) is 0 Å². The fourth-order valence-electron chi connectivity index (χ4n) is 3.30. The lowest BCUT2D eigenvalue weighted by atomic mass is 10.1. The Labute approximate surface area is 164 Å². The zero-order valence-electron chi connectivity index (χ0n) is 16.1. The molecule has 3 N–H and O–H groups in total. The Morgan fingerprint density at radius 2 is 1.79 bits per heavy atom. The first-order chi connectivity index (χ1) is 13.5. The number of anilines is 1. The highest BCUT2D eigenvalue weighted by atomic mass is 19.1. The standard InChI is InChI=1S/C22H26FN3O2/c1-2-17-5-3-4-6-20(17)25-21(27)13-24-22(28)15-26(19-11-12-19)14-16-7-9-18(23)10-8-16/h3-10,19H,2,11-15H2,1H3,(H,24,28)(H,25,27)/p+1. The minimum Gasteiger partial charge on any atom is -0.342 e. The Morgan fingerprint density at radius 1 is 1.07 bits per heavy atom. The third-order valence-electron chi connectivity index (χ3n) is 5.01. The summed E-state index contributed by atoms with van der Waals surface area (Å²) < 4.78 is 13.1. The van der Waals surface area contributed by atoms with Crippen LogP contribution in [0.25, 0.3) is 0 Å². The second-order valence-electron chi connectivity index (χ2n) is 7.25. The highest BCUT2D eigenvalue weighted by Gasteiger charge is 2.34. The quantitative estimate of drug-likeness (QED) is 0.616. The van der Waals surface area contributed by atoms with Crippen LogP contribution in [0.15, 0.2) is 48.5 Å². The summed E-state index contributed by atoms with van der Waals surface area (Å²) >= 11 is 0. The maximum atomic E-state index is 13.1. The van der Waals surface area contributed by atoms with Crippen LogP contribution in [0.1, 0.15) is 30.9 Å². The van der Waals surface area contributed by atoms with Gasteiger partial charge in [-0.1, -0.05) is 37.3 Å². The maximum Gasteiger partial charge on any atom is 0.275 e. The summed E-state index contributed by atoms with van der Waals surface area (Å²) in [7, 11) is 0. The first-order valence-corrected chi connectivity index (χ1v) is 9.78. The summed E-state index contributed by atoms with van der Waals surface area (Å²) in [6, 6.07) is 14.5. The van der Waals surface area contributed by atoms with Gasteiger partial charge < -0.3 is 15.5 Å². The second kappa shape index (κ2) is 9.46. The van der Waals surface area contributed by atoms with Gasteiger partial charge in [0.15, 0.2) is 6.54 Å². The number of benzene rings is 2. The molecule has 148 valence electrons. The maximum absolute atomic E-state index is 13.1. The molecule has 0 saturated heterocycles. The third-order valence-corrected chi connectivity index (χ3v) is 5.01. The number of quaternary nitrogens is 1. The number of amides is 2. The Kier molecular flexibility index (Phi) is 6.76. The number of hydrogen-bond acceptors (Lipinski definition) is 2. The van der Waals surface area contributed by atoms with E-state index < -0.39 is 0 Å². The van der Waals surface area contributed by atoms with E-state index in [4.69, 9.17) is 0 Å². The van der Waals surface area contributed by atoms with E-state index in [1.54, 1.807) is 12.1 Å². The van der Waals surface area contributed by atoms with E-state index in [9.17, 15) is 14.0 Å². The lowest BCUT2D eigenvalue weighted by molar-refractivity contribution is -0.917. The molecule has 3 rings (SSSR count). The van der Waals surface area contributed by atoms with E-state index in [1.807, 2.05) is 31.2 Å². The van der Waals surface area contributed by atoms with E-state index in [0.717, 1.165) is 41.0 Å². The van der Waals surface area contributed by atoms with Gasteiger partial charge in [-0.3, -0.25) is 9.59 Å². The fourth-order valence-corrected chi connectivity index (χ4v) is 3.30. The molecule has 0 radical (unpaired) electrons. The van der Waals surface area contributed by atoms with Gasteiger partial charge in [-0.2, -0.15) is 0 Å². The third kappa shape index (κ3) is 5.89. The van der Waals surface area contributed by atoms with Crippen molar-refractivity contribution in [2.45, 2.75) is 38.8 Å². The number of aryl methyl sites for hydroxylation is 1. The van der Waals surface area contributed by atoms with Gasteiger partial charge in [0.2, 0.25) is 5.91 Å². The molecule has 1 fully saturated rings. The van der Waals surface area contributed by atoms with Gasteiger partial charge in [-0.25, -0.2) is 4.39 Å². The van der Waals surface area contributed by atoms with Crippen LogP contribution < -0.4 is 15.5 Å². The normalized spacial score (nSPS) is 14.4. The lowest BCUT2D eigenvalue weighted by Gasteiger charge is -2.19. The molecule has 0 spiro atoms. The molecule has 1 atom stereocenters. The Morgan fingerprint density at radius 3 is 2.46 bits per heavy atom. The topological polar surface area (TPSA) is 62.6 Å². The molecule has 1 unspecified atom stereocenters. The van der Waals surface area contributed by atoms with Gasteiger partial charge in [-0.15, -0.1) is 0 Å². The zero-order chi connectivity index (χ0) is 19.9. The van der Waals surface area contributed by atoms with Crippen LogP contribution in [-0.4, -0.2) is 30.9 Å². The fraction of sp³-hybridized carbons (Fsp3) is 0.364. The Balaban J connectivity index is 1.48. The molecule has 0 bridgehead atoms. The zero-order valence-corrected chi connectivity index (χ0v) is 16.1. The molecule has 1 aliphatic carbocycles. The molecular formula is C22H27FN3O2+. The number of para-hydroxylation sites is 1. The molecule has 6 heteroatoms. The van der Waals surface area contributed by atoms with Crippen LogP contribution in [0.5, 0.6) is 0 Å². The molecular weight excluding hydrogens is 357 g/mol. The number of carbonyl (C=O) groups excluding carboxylic acids is 2. The SMILES string of the molecule is CCc1ccccc1NC(=O)CNC(=O)C[NH+](Cc1ccc(F)cc1)C1CC1. The second-order valence-corrected chi connectivity index (χ2v) is 7.25. The van der Waals surface area contributed by atoms with Crippen LogP contribution in [-0.2, 0) is 22.6 Å². The van der Waals surface area contributed by atoms with Crippen molar-refractivity contribution in [3.05, 3.63) is 65.5 Å². The number of nitrogens with one attached hydrogen (secondary N) is 3. The van der Waals surface area contributed by atoms with Gasteiger partial charge in [-0.05, 0) is 30.2 Å². The van der Waals surface area contributed by atoms with Gasteiger partial charge in [0.05, 0.1) is 12.6 Å². The van der Waals surface area contributed by atoms with E-state index in [2.05, 4.69) is 10.6 Å². The summed E-state index contributed by atoms with van der Waals surface area (Å²) in [6.45, 7) is 2.96. The summed E-state index contributed by atoms with van der Waals surface area (Å²) in [5.74, 6) is -0.645. The molecule has 0 heterocycles. The van der Waals surface area contributed by atoms with Gasteiger partial charge in [0, 0.05) is 24.1 Å². The molecule has 1 aliphatic rings. The molecule has 2 aromatic rings. The van der Waals surface area contributed by atoms with Crippen LogP contribution in [0.4, 0.5) is 10.1 Å². The molecule has 0 aliphatic heterocycles. The number of halogens is 1. The molecule has 1 saturated carbocycles. The van der Waals surface area contributed by atoms with Crippen LogP contribution >= 0.6 is 0 Å². The van der Waals surface area contributed by atoms with Crippen molar-refractivity contribution < 1.29 is 18.9 Å². The minimum absolute atomic E-state index is 0.0502. The van der Waals surface area contributed by atoms with Gasteiger partial charge >= 0.3 is 0 Å². The van der Waals surface area contributed by atoms with Crippen molar-refractivity contribution in [1.29, 1.82) is 0 Å². The summed E-state index contributed by atoms with van der Waals surface area (Å²) in [4.78, 5) is 25.7. The molecule has 2 amide bonds. The first kappa shape index (κ1) is 20.0. The smallest absolute Gasteiger partial charge is 0.275 e. The Hall–Kier alpha value is -2.73. The average molecular weight is 384 g/mol. The van der Waals surface area contributed by atoms with Crippen molar-refractivity contribution >= 4 is 17.5 Å². The minimum atomic E-state index is -0.259. The largest absolute Gasteiger partial charge is 0.342 e. The summed E-state index contributed by atoms with van der Waals surface area (Å²) in [5, 5.41) is 5.57. The van der Waals surface area contributed by atoms with Crippen molar-refractivity contribution in [3.63, 3.8) is 0 Å². The Bertz CT molecular complexity index is 819. The molecule has 28 heavy (non-hydrogen) atoms. The highest BCUT2D eigenvalue weighted by Crippen LogP contribution is 2.16. The van der Waals surface area contributed by atoms with Crippen molar-refractivity contribution in [3.8, 4) is 0 Å². The van der Waals surface area contributed by atoms with E-state index >= 15 is 0 Å². The van der Waals surface area contributed by atoms with E-state index in [0.29, 0.717) is 19.1 Å². The van der Waals surface area contributed by atoms with Gasteiger partial charge in [0.1, 0.15) is 12.4 Å².